The Bertz CT molecular complexity index is 233. The summed E-state index contributed by atoms with van der Waals surface area (Å²) in [5, 5.41) is 0. The molecule has 0 saturated carbocycles. The highest BCUT2D eigenvalue weighted by Crippen LogP contribution is 2.14. The van der Waals surface area contributed by atoms with E-state index in [1.807, 2.05) is 0 Å². The van der Waals surface area contributed by atoms with E-state index in [2.05, 4.69) is 11.3 Å². The molecular weight excluding hydrogens is 170 g/mol. The molecule has 4 heteroatoms. The fourth-order valence-electron chi connectivity index (χ4n) is 0.799. The van der Waals surface area contributed by atoms with Gasteiger partial charge in [0.2, 0.25) is 5.91 Å². The lowest BCUT2D eigenvalue weighted by atomic mass is 10.0. The van der Waals surface area contributed by atoms with Crippen LogP contribution in [0.3, 0.4) is 0 Å². The van der Waals surface area contributed by atoms with Crippen LogP contribution in [0.2, 0.25) is 0 Å². The molecule has 0 saturated heterocycles. The normalized spacial score (nSPS) is 10.5. The van der Waals surface area contributed by atoms with Crippen molar-refractivity contribution in [2.45, 2.75) is 19.4 Å². The van der Waals surface area contributed by atoms with Gasteiger partial charge in [-0.15, -0.1) is 0 Å². The minimum Gasteiger partial charge on any atom is -0.467 e. The van der Waals surface area contributed by atoms with E-state index in [0.29, 0.717) is 0 Å². The van der Waals surface area contributed by atoms with E-state index in [9.17, 15) is 9.59 Å². The summed E-state index contributed by atoms with van der Waals surface area (Å²) in [6.45, 7) is 6.56. The molecule has 0 aromatic rings. The van der Waals surface area contributed by atoms with Crippen LogP contribution in [0.15, 0.2) is 12.7 Å². The van der Waals surface area contributed by atoms with Crippen molar-refractivity contribution in [3.8, 4) is 0 Å². The molecule has 0 N–H and O–H groups in total. The molecule has 0 aliphatic heterocycles. The third kappa shape index (κ3) is 2.31. The average molecular weight is 185 g/mol. The van der Waals surface area contributed by atoms with Gasteiger partial charge in [-0.05, 0) is 19.9 Å². The Morgan fingerprint density at radius 1 is 1.46 bits per heavy atom. The molecule has 0 aromatic carbocycles. The predicted molar refractivity (Wildman–Crippen MR) is 49.1 cm³/mol. The summed E-state index contributed by atoms with van der Waals surface area (Å²) < 4.78 is 4.56. The number of carbonyl (C=O) groups excluding carboxylic acids is 2. The molecule has 0 fully saturated rings. The van der Waals surface area contributed by atoms with E-state index in [1.165, 1.54) is 19.1 Å². The number of likely N-dealkylation sites (N-methyl/N-ethyl adjacent to an activating group) is 1. The van der Waals surface area contributed by atoms with Crippen molar-refractivity contribution in [3.63, 3.8) is 0 Å². The monoisotopic (exact) mass is 185 g/mol. The highest BCUT2D eigenvalue weighted by atomic mass is 16.5. The molecule has 13 heavy (non-hydrogen) atoms. The van der Waals surface area contributed by atoms with Crippen molar-refractivity contribution in [2.75, 3.05) is 14.2 Å². The number of hydrogen-bond acceptors (Lipinski definition) is 3. The van der Waals surface area contributed by atoms with Crippen LogP contribution in [-0.2, 0) is 14.3 Å². The van der Waals surface area contributed by atoms with Crippen LogP contribution in [0.1, 0.15) is 13.8 Å². The van der Waals surface area contributed by atoms with Crippen molar-refractivity contribution in [1.29, 1.82) is 0 Å². The minimum atomic E-state index is -0.958. The quantitative estimate of drug-likeness (QED) is 0.477. The summed E-state index contributed by atoms with van der Waals surface area (Å²) in [5.74, 6) is -0.763. The van der Waals surface area contributed by atoms with Gasteiger partial charge in [-0.2, -0.15) is 0 Å². The SMILES string of the molecule is C=CC(=O)N(C)C(C)(C)C(=O)OC. The van der Waals surface area contributed by atoms with Crippen molar-refractivity contribution >= 4 is 11.9 Å². The van der Waals surface area contributed by atoms with Gasteiger partial charge >= 0.3 is 5.97 Å². The zero-order valence-corrected chi connectivity index (χ0v) is 8.46. The van der Waals surface area contributed by atoms with Gasteiger partial charge in [-0.3, -0.25) is 4.79 Å². The average Bonchev–Trinajstić information content (AvgIpc) is 2.13. The van der Waals surface area contributed by atoms with Crippen molar-refractivity contribution in [1.82, 2.24) is 4.90 Å². The lowest BCUT2D eigenvalue weighted by Gasteiger charge is -2.31. The molecule has 0 aliphatic carbocycles. The number of rotatable bonds is 3. The van der Waals surface area contributed by atoms with E-state index in [0.717, 1.165) is 6.08 Å². The van der Waals surface area contributed by atoms with E-state index in [1.54, 1.807) is 13.8 Å². The molecule has 0 rings (SSSR count). The number of esters is 1. The molecule has 0 heterocycles. The molecule has 0 spiro atoms. The zero-order chi connectivity index (χ0) is 10.6. The molecule has 0 atom stereocenters. The smallest absolute Gasteiger partial charge is 0.331 e. The van der Waals surface area contributed by atoms with Crippen LogP contribution in [-0.4, -0.2) is 36.5 Å². The van der Waals surface area contributed by atoms with Crippen molar-refractivity contribution in [3.05, 3.63) is 12.7 Å². The maximum atomic E-state index is 11.2. The molecule has 0 aromatic heterocycles. The Kier molecular flexibility index (Phi) is 3.66. The predicted octanol–water partition coefficient (Wildman–Crippen LogP) is 0.582. The lowest BCUT2D eigenvalue weighted by Crippen LogP contribution is -2.50. The Labute approximate surface area is 78.2 Å². The fourth-order valence-corrected chi connectivity index (χ4v) is 0.799. The minimum absolute atomic E-state index is 0.310. The topological polar surface area (TPSA) is 46.6 Å². The van der Waals surface area contributed by atoms with Crippen LogP contribution < -0.4 is 0 Å². The summed E-state index contributed by atoms with van der Waals surface area (Å²) in [6, 6.07) is 0. The van der Waals surface area contributed by atoms with Crippen LogP contribution in [0.5, 0.6) is 0 Å². The van der Waals surface area contributed by atoms with Gasteiger partial charge in [0.25, 0.3) is 0 Å². The molecule has 0 unspecified atom stereocenters. The van der Waals surface area contributed by atoms with Crippen LogP contribution >= 0.6 is 0 Å². The van der Waals surface area contributed by atoms with Crippen LogP contribution in [0.4, 0.5) is 0 Å². The maximum Gasteiger partial charge on any atom is 0.331 e. The number of methoxy groups -OCH3 is 1. The molecular formula is C9H15NO3. The van der Waals surface area contributed by atoms with E-state index in [4.69, 9.17) is 0 Å². The molecule has 0 bridgehead atoms. The highest BCUT2D eigenvalue weighted by Gasteiger charge is 2.35. The number of nitrogens with zero attached hydrogens (tertiary/aromatic N) is 1. The molecule has 1 amide bonds. The number of hydrogen-bond donors (Lipinski definition) is 0. The van der Waals surface area contributed by atoms with Crippen LogP contribution in [0.25, 0.3) is 0 Å². The fraction of sp³-hybridized carbons (Fsp3) is 0.556. The Morgan fingerprint density at radius 2 is 1.92 bits per heavy atom. The second-order valence-corrected chi connectivity index (χ2v) is 3.15. The van der Waals surface area contributed by atoms with Crippen molar-refractivity contribution in [2.24, 2.45) is 0 Å². The lowest BCUT2D eigenvalue weighted by molar-refractivity contribution is -0.156. The Balaban J connectivity index is 4.71. The first kappa shape index (κ1) is 11.7. The molecule has 4 nitrogen and oxygen atoms in total. The summed E-state index contributed by atoms with van der Waals surface area (Å²) in [6.07, 6.45) is 1.16. The Hall–Kier alpha value is -1.32. The van der Waals surface area contributed by atoms with E-state index >= 15 is 0 Å². The second kappa shape index (κ2) is 4.07. The standard InChI is InChI=1S/C9H15NO3/c1-6-7(11)10(4)9(2,3)8(12)13-5/h6H,1H2,2-5H3. The second-order valence-electron chi connectivity index (χ2n) is 3.15. The molecule has 0 aliphatic rings. The van der Waals surface area contributed by atoms with Crippen LogP contribution in [0, 0.1) is 0 Å². The molecule has 0 radical (unpaired) electrons. The van der Waals surface area contributed by atoms with Gasteiger partial charge in [-0.1, -0.05) is 6.58 Å². The van der Waals surface area contributed by atoms with Gasteiger partial charge in [0.1, 0.15) is 5.54 Å². The van der Waals surface area contributed by atoms with E-state index in [-0.39, 0.29) is 5.91 Å². The van der Waals surface area contributed by atoms with Gasteiger partial charge in [0.15, 0.2) is 0 Å². The van der Waals surface area contributed by atoms with Gasteiger partial charge in [0, 0.05) is 7.05 Å². The summed E-state index contributed by atoms with van der Waals surface area (Å²) >= 11 is 0. The number of ether oxygens (including phenoxy) is 1. The zero-order valence-electron chi connectivity index (χ0n) is 8.46. The Morgan fingerprint density at radius 3 is 2.23 bits per heavy atom. The first-order chi connectivity index (χ1) is 5.87. The third-order valence-electron chi connectivity index (χ3n) is 2.03. The summed E-state index contributed by atoms with van der Waals surface area (Å²) in [5.41, 5.74) is -0.958. The number of amides is 1. The third-order valence-corrected chi connectivity index (χ3v) is 2.03. The van der Waals surface area contributed by atoms with Gasteiger partial charge in [-0.25, -0.2) is 4.79 Å². The maximum absolute atomic E-state index is 11.2. The van der Waals surface area contributed by atoms with E-state index < -0.39 is 11.5 Å². The first-order valence-corrected chi connectivity index (χ1v) is 3.86. The van der Waals surface area contributed by atoms with Gasteiger partial charge in [0.05, 0.1) is 7.11 Å². The van der Waals surface area contributed by atoms with Crippen molar-refractivity contribution < 1.29 is 14.3 Å². The largest absolute Gasteiger partial charge is 0.467 e. The first-order valence-electron chi connectivity index (χ1n) is 3.86. The summed E-state index contributed by atoms with van der Waals surface area (Å²) in [7, 11) is 2.82. The number of carbonyl (C=O) groups is 2. The van der Waals surface area contributed by atoms with Gasteiger partial charge < -0.3 is 9.64 Å². The highest BCUT2D eigenvalue weighted by molar-refractivity contribution is 5.92. The summed E-state index contributed by atoms with van der Waals surface area (Å²) in [4.78, 5) is 23.7. The molecule has 74 valence electrons.